The molecule has 2 N–H and O–H groups in total. The van der Waals surface area contributed by atoms with Crippen molar-refractivity contribution in [2.75, 3.05) is 5.32 Å². The molecule has 0 saturated carbocycles. The second kappa shape index (κ2) is 7.72. The van der Waals surface area contributed by atoms with E-state index in [2.05, 4.69) is 5.32 Å². The molecule has 0 aliphatic carbocycles. The number of aromatic carboxylic acids is 1. The lowest BCUT2D eigenvalue weighted by Crippen LogP contribution is -2.22. The third-order valence-corrected chi connectivity index (χ3v) is 6.11. The molecule has 6 heteroatoms. The number of hydrogen-bond acceptors (Lipinski definition) is 4. The number of carbonyl (C=O) groups is 2. The lowest BCUT2D eigenvalue weighted by molar-refractivity contribution is -0.116. The number of anilines is 1. The van der Waals surface area contributed by atoms with E-state index in [0.717, 1.165) is 21.8 Å². The first-order valence-corrected chi connectivity index (χ1v) is 10.3. The number of nitrogens with one attached hydrogen (secondary N) is 1. The molecule has 0 unspecified atom stereocenters. The van der Waals surface area contributed by atoms with Crippen molar-refractivity contribution in [2.24, 2.45) is 0 Å². The Labute approximate surface area is 173 Å². The Kier molecular flexibility index (Phi) is 5.11. The smallest absolute Gasteiger partial charge is 0.346 e. The Hall–Kier alpha value is -3.12. The molecular weight excluding hydrogens is 386 g/mol. The maximum Gasteiger partial charge on any atom is 0.346 e. The maximum atomic E-state index is 12.5. The van der Waals surface area contributed by atoms with E-state index in [1.165, 1.54) is 11.3 Å². The number of carboxylic acid groups (broad SMARTS) is 1. The number of fused-ring (bicyclic) bond motifs is 1. The zero-order valence-electron chi connectivity index (χ0n) is 16.1. The van der Waals surface area contributed by atoms with Crippen molar-refractivity contribution in [2.45, 2.75) is 32.3 Å². The van der Waals surface area contributed by atoms with Crippen LogP contribution < -0.4 is 10.1 Å². The number of carbonyl (C=O) groups excluding carboxylic acids is 1. The van der Waals surface area contributed by atoms with Crippen LogP contribution in [0.3, 0.4) is 0 Å². The summed E-state index contributed by atoms with van der Waals surface area (Å²) in [4.78, 5) is 25.6. The molecule has 1 amide bonds. The summed E-state index contributed by atoms with van der Waals surface area (Å²) in [7, 11) is 0. The van der Waals surface area contributed by atoms with Crippen molar-refractivity contribution in [3.05, 3.63) is 69.9 Å². The molecule has 1 atom stereocenters. The molecule has 2 heterocycles. The summed E-state index contributed by atoms with van der Waals surface area (Å²) in [6.45, 7) is 3.94. The molecule has 148 valence electrons. The second-order valence-electron chi connectivity index (χ2n) is 7.26. The number of benzene rings is 2. The van der Waals surface area contributed by atoms with Gasteiger partial charge in [0.15, 0.2) is 0 Å². The number of rotatable bonds is 5. The quantitative estimate of drug-likeness (QED) is 0.596. The van der Waals surface area contributed by atoms with Crippen LogP contribution in [0, 0.1) is 0 Å². The van der Waals surface area contributed by atoms with Crippen LogP contribution in [0.4, 0.5) is 5.69 Å². The SMILES string of the molecule is CC(C)Oc1ccc([C@H]2CC(=O)Nc3c2sc(C(=O)O)c3-c2ccccc2)cc1. The molecule has 5 nitrogen and oxygen atoms in total. The first kappa shape index (κ1) is 19.2. The number of amides is 1. The van der Waals surface area contributed by atoms with Gasteiger partial charge in [0.05, 0.1) is 11.8 Å². The minimum Gasteiger partial charge on any atom is -0.491 e. The fourth-order valence-electron chi connectivity index (χ4n) is 3.64. The van der Waals surface area contributed by atoms with E-state index in [1.807, 2.05) is 68.4 Å². The molecule has 0 spiro atoms. The molecule has 0 radical (unpaired) electrons. The Bertz CT molecular complexity index is 1050. The summed E-state index contributed by atoms with van der Waals surface area (Å²) < 4.78 is 5.71. The second-order valence-corrected chi connectivity index (χ2v) is 8.31. The summed E-state index contributed by atoms with van der Waals surface area (Å²) in [6, 6.07) is 17.0. The summed E-state index contributed by atoms with van der Waals surface area (Å²) in [5.74, 6) is -0.520. The van der Waals surface area contributed by atoms with Gasteiger partial charge in [0.25, 0.3) is 0 Å². The molecule has 4 rings (SSSR count). The molecular formula is C23H21NO4S. The normalized spacial score (nSPS) is 15.7. The molecule has 0 saturated heterocycles. The highest BCUT2D eigenvalue weighted by molar-refractivity contribution is 7.15. The first-order valence-electron chi connectivity index (χ1n) is 9.46. The van der Waals surface area contributed by atoms with Crippen molar-refractivity contribution in [3.63, 3.8) is 0 Å². The van der Waals surface area contributed by atoms with Gasteiger partial charge in [-0.15, -0.1) is 11.3 Å². The van der Waals surface area contributed by atoms with Gasteiger partial charge in [0.2, 0.25) is 5.91 Å². The number of hydrogen-bond donors (Lipinski definition) is 2. The monoisotopic (exact) mass is 407 g/mol. The molecule has 29 heavy (non-hydrogen) atoms. The Morgan fingerprint density at radius 2 is 1.83 bits per heavy atom. The van der Waals surface area contributed by atoms with Crippen LogP contribution in [0.5, 0.6) is 5.75 Å². The fraction of sp³-hybridized carbons (Fsp3) is 0.217. The number of ether oxygens (including phenoxy) is 1. The van der Waals surface area contributed by atoms with Crippen molar-refractivity contribution < 1.29 is 19.4 Å². The van der Waals surface area contributed by atoms with Crippen LogP contribution in [0.2, 0.25) is 0 Å². The van der Waals surface area contributed by atoms with Crippen molar-refractivity contribution in [1.29, 1.82) is 0 Å². The zero-order valence-corrected chi connectivity index (χ0v) is 17.0. The third kappa shape index (κ3) is 3.76. The van der Waals surface area contributed by atoms with Gasteiger partial charge < -0.3 is 15.2 Å². The van der Waals surface area contributed by atoms with E-state index in [9.17, 15) is 14.7 Å². The standard InChI is InChI=1S/C23H21NO4S/c1-13(2)28-16-10-8-14(9-11-16)17-12-18(25)24-20-19(15-6-4-3-5-7-15)22(23(26)27)29-21(17)20/h3-11,13,17H,12H2,1-2H3,(H,24,25)(H,26,27)/t17-/m1/s1. The molecule has 3 aromatic rings. The van der Waals surface area contributed by atoms with E-state index >= 15 is 0 Å². The van der Waals surface area contributed by atoms with Crippen LogP contribution >= 0.6 is 11.3 Å². The molecule has 0 fully saturated rings. The zero-order chi connectivity index (χ0) is 20.5. The van der Waals surface area contributed by atoms with E-state index in [-0.39, 0.29) is 29.2 Å². The average molecular weight is 407 g/mol. The topological polar surface area (TPSA) is 75.6 Å². The fourth-order valence-corrected chi connectivity index (χ4v) is 4.88. The van der Waals surface area contributed by atoms with Crippen molar-refractivity contribution in [3.8, 4) is 16.9 Å². The van der Waals surface area contributed by atoms with Gasteiger partial charge in [-0.25, -0.2) is 4.79 Å². The highest BCUT2D eigenvalue weighted by Crippen LogP contribution is 2.49. The van der Waals surface area contributed by atoms with Crippen molar-refractivity contribution in [1.82, 2.24) is 0 Å². The number of thiophene rings is 1. The molecule has 1 aromatic heterocycles. The van der Waals surface area contributed by atoms with Gasteiger partial charge in [0, 0.05) is 22.8 Å². The average Bonchev–Trinajstić information content (AvgIpc) is 3.08. The van der Waals surface area contributed by atoms with E-state index < -0.39 is 5.97 Å². The Morgan fingerprint density at radius 1 is 1.14 bits per heavy atom. The minimum absolute atomic E-state index is 0.0803. The van der Waals surface area contributed by atoms with Gasteiger partial charge in [0.1, 0.15) is 10.6 Å². The van der Waals surface area contributed by atoms with Crippen molar-refractivity contribution >= 4 is 28.9 Å². The van der Waals surface area contributed by atoms with Crippen LogP contribution in [0.25, 0.3) is 11.1 Å². The largest absolute Gasteiger partial charge is 0.491 e. The number of carboxylic acids is 1. The van der Waals surface area contributed by atoms with Gasteiger partial charge >= 0.3 is 5.97 Å². The first-order chi connectivity index (χ1) is 13.9. The molecule has 2 aromatic carbocycles. The van der Waals surface area contributed by atoms with E-state index in [1.54, 1.807) is 0 Å². The molecule has 0 bridgehead atoms. The van der Waals surface area contributed by atoms with Gasteiger partial charge in [-0.2, -0.15) is 0 Å². The van der Waals surface area contributed by atoms with Crippen LogP contribution in [-0.4, -0.2) is 23.1 Å². The lowest BCUT2D eigenvalue weighted by atomic mass is 9.88. The summed E-state index contributed by atoms with van der Waals surface area (Å²) in [5, 5.41) is 12.7. The minimum atomic E-state index is -0.989. The van der Waals surface area contributed by atoms with Gasteiger partial charge in [-0.05, 0) is 37.1 Å². The molecule has 1 aliphatic rings. The Balaban J connectivity index is 1.81. The maximum absolute atomic E-state index is 12.5. The predicted octanol–water partition coefficient (Wildman–Crippen LogP) is 5.37. The van der Waals surface area contributed by atoms with Crippen LogP contribution in [0.15, 0.2) is 54.6 Å². The van der Waals surface area contributed by atoms with Crippen LogP contribution in [-0.2, 0) is 4.79 Å². The highest BCUT2D eigenvalue weighted by Gasteiger charge is 2.34. The summed E-state index contributed by atoms with van der Waals surface area (Å²) >= 11 is 1.24. The van der Waals surface area contributed by atoms with Gasteiger partial charge in [-0.3, -0.25) is 4.79 Å². The lowest BCUT2D eigenvalue weighted by Gasteiger charge is -2.24. The summed E-state index contributed by atoms with van der Waals surface area (Å²) in [6.07, 6.45) is 0.363. The van der Waals surface area contributed by atoms with Gasteiger partial charge in [-0.1, -0.05) is 42.5 Å². The molecule has 1 aliphatic heterocycles. The van der Waals surface area contributed by atoms with E-state index in [4.69, 9.17) is 4.74 Å². The predicted molar refractivity (Wildman–Crippen MR) is 114 cm³/mol. The third-order valence-electron chi connectivity index (χ3n) is 4.82. The van der Waals surface area contributed by atoms with E-state index in [0.29, 0.717) is 11.3 Å². The van der Waals surface area contributed by atoms with Crippen LogP contribution in [0.1, 0.15) is 46.3 Å². The summed E-state index contributed by atoms with van der Waals surface area (Å²) in [5.41, 5.74) is 2.94. The highest BCUT2D eigenvalue weighted by atomic mass is 32.1. The Morgan fingerprint density at radius 3 is 2.45 bits per heavy atom.